The maximum absolute atomic E-state index is 13.7. The topological polar surface area (TPSA) is 86.8 Å². The number of halogens is 3. The van der Waals surface area contributed by atoms with E-state index in [0.717, 1.165) is 41.8 Å². The fourth-order valence-corrected chi connectivity index (χ4v) is 5.90. The zero-order valence-electron chi connectivity index (χ0n) is 20.2. The number of carbonyl (C=O) groups is 2. The van der Waals surface area contributed by atoms with Gasteiger partial charge in [-0.05, 0) is 55.2 Å². The van der Waals surface area contributed by atoms with Gasteiger partial charge in [0.2, 0.25) is 21.8 Å². The molecule has 1 aliphatic rings. The summed E-state index contributed by atoms with van der Waals surface area (Å²) in [6.07, 6.45) is 5.28. The third kappa shape index (κ3) is 7.51. The second-order valence-electron chi connectivity index (χ2n) is 8.93. The summed E-state index contributed by atoms with van der Waals surface area (Å²) in [4.78, 5) is 28.4. The molecule has 0 spiro atoms. The highest BCUT2D eigenvalue weighted by atomic mass is 35.5. The number of nitrogens with one attached hydrogen (secondary N) is 1. The smallest absolute Gasteiger partial charge is 0.244 e. The molecule has 0 aliphatic heterocycles. The van der Waals surface area contributed by atoms with Gasteiger partial charge in [0.1, 0.15) is 12.6 Å². The van der Waals surface area contributed by atoms with E-state index in [1.165, 1.54) is 23.1 Å². The van der Waals surface area contributed by atoms with Crippen molar-refractivity contribution in [3.63, 3.8) is 0 Å². The summed E-state index contributed by atoms with van der Waals surface area (Å²) in [6.45, 7) is 1.41. The fourth-order valence-electron chi connectivity index (χ4n) is 4.35. The first-order valence-electron chi connectivity index (χ1n) is 11.8. The minimum atomic E-state index is -3.89. The normalized spacial score (nSPS) is 14.9. The number of hydrogen-bond donors (Lipinski definition) is 1. The highest BCUT2D eigenvalue weighted by molar-refractivity contribution is 7.92. The van der Waals surface area contributed by atoms with Crippen LogP contribution in [-0.2, 0) is 26.2 Å². The number of amides is 2. The molecule has 1 fully saturated rings. The van der Waals surface area contributed by atoms with Gasteiger partial charge in [-0.3, -0.25) is 13.9 Å². The van der Waals surface area contributed by atoms with Crippen LogP contribution in [0.15, 0.2) is 42.5 Å². The maximum atomic E-state index is 13.7. The Kier molecular flexibility index (Phi) is 9.92. The van der Waals surface area contributed by atoms with E-state index in [9.17, 15) is 18.0 Å². The number of carbonyl (C=O) groups excluding carboxylic acids is 2. The molecule has 0 saturated heterocycles. The van der Waals surface area contributed by atoms with Crippen LogP contribution >= 0.6 is 34.8 Å². The lowest BCUT2D eigenvalue weighted by Crippen LogP contribution is -2.53. The highest BCUT2D eigenvalue weighted by Gasteiger charge is 2.33. The molecular formula is C25H30Cl3N3O4S. The van der Waals surface area contributed by atoms with Gasteiger partial charge in [0.15, 0.2) is 0 Å². The summed E-state index contributed by atoms with van der Waals surface area (Å²) >= 11 is 18.3. The van der Waals surface area contributed by atoms with Crippen molar-refractivity contribution in [3.05, 3.63) is 63.1 Å². The largest absolute Gasteiger partial charge is 0.352 e. The van der Waals surface area contributed by atoms with Crippen molar-refractivity contribution in [2.75, 3.05) is 17.1 Å². The molecule has 1 unspecified atom stereocenters. The Morgan fingerprint density at radius 1 is 1.03 bits per heavy atom. The number of benzene rings is 2. The van der Waals surface area contributed by atoms with Crippen molar-refractivity contribution in [1.82, 2.24) is 10.2 Å². The van der Waals surface area contributed by atoms with Crippen LogP contribution in [0.4, 0.5) is 5.69 Å². The first kappa shape index (κ1) is 28.6. The number of hydrogen-bond acceptors (Lipinski definition) is 4. The zero-order valence-corrected chi connectivity index (χ0v) is 23.3. The minimum absolute atomic E-state index is 0.0828. The monoisotopic (exact) mass is 573 g/mol. The van der Waals surface area contributed by atoms with Gasteiger partial charge < -0.3 is 10.2 Å². The summed E-state index contributed by atoms with van der Waals surface area (Å²) in [5, 5.41) is 4.04. The van der Waals surface area contributed by atoms with Gasteiger partial charge >= 0.3 is 0 Å². The Morgan fingerprint density at radius 3 is 2.19 bits per heavy atom. The Balaban J connectivity index is 1.93. The lowest BCUT2D eigenvalue weighted by Gasteiger charge is -2.33. The summed E-state index contributed by atoms with van der Waals surface area (Å²) in [6, 6.07) is 10.6. The lowest BCUT2D eigenvalue weighted by atomic mass is 10.1. The van der Waals surface area contributed by atoms with Crippen LogP contribution < -0.4 is 9.62 Å². The average molecular weight is 575 g/mol. The Morgan fingerprint density at radius 2 is 1.64 bits per heavy atom. The number of anilines is 1. The van der Waals surface area contributed by atoms with Crippen LogP contribution in [0.25, 0.3) is 0 Å². The molecule has 0 aromatic heterocycles. The van der Waals surface area contributed by atoms with E-state index in [2.05, 4.69) is 5.32 Å². The number of sulfonamides is 1. The van der Waals surface area contributed by atoms with Crippen molar-refractivity contribution in [3.8, 4) is 0 Å². The van der Waals surface area contributed by atoms with E-state index in [-0.39, 0.29) is 29.2 Å². The van der Waals surface area contributed by atoms with Crippen molar-refractivity contribution in [2.45, 2.75) is 57.7 Å². The van der Waals surface area contributed by atoms with Crippen LogP contribution in [0, 0.1) is 0 Å². The van der Waals surface area contributed by atoms with Gasteiger partial charge in [-0.2, -0.15) is 0 Å². The predicted octanol–water partition coefficient (Wildman–Crippen LogP) is 5.28. The van der Waals surface area contributed by atoms with Crippen LogP contribution in [-0.4, -0.2) is 50.0 Å². The molecule has 11 heteroatoms. The Bertz CT molecular complexity index is 1190. The molecule has 196 valence electrons. The van der Waals surface area contributed by atoms with Crippen molar-refractivity contribution in [2.24, 2.45) is 0 Å². The molecule has 36 heavy (non-hydrogen) atoms. The Hall–Kier alpha value is -2.00. The van der Waals surface area contributed by atoms with Gasteiger partial charge in [0, 0.05) is 22.6 Å². The van der Waals surface area contributed by atoms with Crippen molar-refractivity contribution >= 4 is 62.3 Å². The standard InChI is InChI=1S/C25H30Cl3N3O4S/c1-3-22(25(33)29-20-6-4-5-7-20)30(15-17-8-10-18(26)11-9-17)24(32)16-31(36(2,34)35)23-13-12-19(27)14-21(23)28/h8-14,20,22H,3-7,15-16H2,1-2H3,(H,29,33). The molecule has 1 aliphatic carbocycles. The first-order chi connectivity index (χ1) is 17.0. The summed E-state index contributed by atoms with van der Waals surface area (Å²) in [5.74, 6) is -0.781. The summed E-state index contributed by atoms with van der Waals surface area (Å²) in [5.41, 5.74) is 0.891. The second-order valence-corrected chi connectivity index (χ2v) is 12.1. The van der Waals surface area contributed by atoms with Crippen molar-refractivity contribution < 1.29 is 18.0 Å². The molecule has 0 radical (unpaired) electrons. The predicted molar refractivity (Wildman–Crippen MR) is 145 cm³/mol. The number of rotatable bonds is 10. The molecule has 7 nitrogen and oxygen atoms in total. The number of nitrogens with zero attached hydrogens (tertiary/aromatic N) is 2. The van der Waals surface area contributed by atoms with Crippen LogP contribution in [0.2, 0.25) is 15.1 Å². The average Bonchev–Trinajstić information content (AvgIpc) is 3.31. The SMILES string of the molecule is CCC(C(=O)NC1CCCC1)N(Cc1ccc(Cl)cc1)C(=O)CN(c1ccc(Cl)cc1Cl)S(C)(=O)=O. The van der Waals surface area contributed by atoms with Crippen LogP contribution in [0.3, 0.4) is 0 Å². The molecule has 2 aromatic carbocycles. The molecule has 3 rings (SSSR count). The molecule has 1 atom stereocenters. The molecule has 1 N–H and O–H groups in total. The van der Waals surface area contributed by atoms with Gasteiger partial charge in [-0.15, -0.1) is 0 Å². The second kappa shape index (κ2) is 12.5. The quantitative estimate of drug-likeness (QED) is 0.418. The van der Waals surface area contributed by atoms with E-state index >= 15 is 0 Å². The Labute approximate surface area is 227 Å². The van der Waals surface area contributed by atoms with E-state index in [0.29, 0.717) is 16.5 Å². The third-order valence-electron chi connectivity index (χ3n) is 6.21. The molecular weight excluding hydrogens is 545 g/mol. The fraction of sp³-hybridized carbons (Fsp3) is 0.440. The first-order valence-corrected chi connectivity index (χ1v) is 14.7. The van der Waals surface area contributed by atoms with Gasteiger partial charge in [-0.1, -0.05) is 66.7 Å². The van der Waals surface area contributed by atoms with Gasteiger partial charge in [-0.25, -0.2) is 8.42 Å². The maximum Gasteiger partial charge on any atom is 0.244 e. The van der Waals surface area contributed by atoms with E-state index in [4.69, 9.17) is 34.8 Å². The molecule has 1 saturated carbocycles. The zero-order chi connectivity index (χ0) is 26.5. The van der Waals surface area contributed by atoms with E-state index < -0.39 is 28.5 Å². The van der Waals surface area contributed by atoms with Crippen molar-refractivity contribution in [1.29, 1.82) is 0 Å². The third-order valence-corrected chi connectivity index (χ3v) is 8.13. The molecule has 0 heterocycles. The summed E-state index contributed by atoms with van der Waals surface area (Å²) < 4.78 is 26.3. The minimum Gasteiger partial charge on any atom is -0.352 e. The van der Waals surface area contributed by atoms with Crippen LogP contribution in [0.1, 0.15) is 44.6 Å². The van der Waals surface area contributed by atoms with Crippen LogP contribution in [0.5, 0.6) is 0 Å². The highest BCUT2D eigenvalue weighted by Crippen LogP contribution is 2.30. The lowest BCUT2D eigenvalue weighted by molar-refractivity contribution is -0.140. The summed E-state index contributed by atoms with van der Waals surface area (Å²) in [7, 11) is -3.89. The molecule has 0 bridgehead atoms. The van der Waals surface area contributed by atoms with Gasteiger partial charge in [0.25, 0.3) is 0 Å². The van der Waals surface area contributed by atoms with E-state index in [1.807, 2.05) is 6.92 Å². The molecule has 2 aromatic rings. The molecule has 2 amide bonds. The van der Waals surface area contributed by atoms with E-state index in [1.54, 1.807) is 24.3 Å². The van der Waals surface area contributed by atoms with Gasteiger partial charge in [0.05, 0.1) is 17.0 Å².